The van der Waals surface area contributed by atoms with E-state index in [1.54, 1.807) is 0 Å². The Morgan fingerprint density at radius 2 is 1.18 bits per heavy atom. The third kappa shape index (κ3) is 2.54. The molecule has 172 valence electrons. The van der Waals surface area contributed by atoms with Crippen LogP contribution in [0.3, 0.4) is 0 Å². The zero-order valence-electron chi connectivity index (χ0n) is 17.0. The maximum absolute atomic E-state index is 13.9. The van der Waals surface area contributed by atoms with Gasteiger partial charge in [0.1, 0.15) is 0 Å². The van der Waals surface area contributed by atoms with Gasteiger partial charge >= 0.3 is 6.18 Å². The fraction of sp³-hybridized carbons (Fsp3) is 0.200. The summed E-state index contributed by atoms with van der Waals surface area (Å²) in [5, 5.41) is -0.108. The number of imide groups is 1. The molecule has 0 unspecified atom stereocenters. The summed E-state index contributed by atoms with van der Waals surface area (Å²) in [6.07, 6.45) is -4.66. The Morgan fingerprint density at radius 1 is 0.765 bits per heavy atom. The Bertz CT molecular complexity index is 1300. The first-order chi connectivity index (χ1) is 16.0. The van der Waals surface area contributed by atoms with Crippen LogP contribution >= 0.6 is 43.5 Å². The maximum atomic E-state index is 13.9. The fourth-order valence-corrected chi connectivity index (χ4v) is 8.27. The second kappa shape index (κ2) is 6.95. The number of halogens is 6. The average Bonchev–Trinajstić information content (AvgIpc) is 3.08. The van der Waals surface area contributed by atoms with Crippen molar-refractivity contribution in [1.29, 1.82) is 0 Å². The van der Waals surface area contributed by atoms with Gasteiger partial charge in [-0.3, -0.25) is 9.59 Å². The molecule has 3 aromatic rings. The van der Waals surface area contributed by atoms with E-state index >= 15 is 0 Å². The highest BCUT2D eigenvalue weighted by Crippen LogP contribution is 2.71. The molecule has 3 aromatic carbocycles. The minimum Gasteiger partial charge on any atom is -0.274 e. The molecule has 0 saturated carbocycles. The maximum Gasteiger partial charge on any atom is 0.416 e. The van der Waals surface area contributed by atoms with E-state index < -0.39 is 44.0 Å². The summed E-state index contributed by atoms with van der Waals surface area (Å²) in [6, 6.07) is 17.7. The van der Waals surface area contributed by atoms with Crippen molar-refractivity contribution in [3.8, 4) is 0 Å². The standard InChI is InChI=1S/C25H13Br2ClF3NO2/c26-23-13-5-1-2-6-14(13)24(27,16-8-4-3-7-15(16)23)20-19(23)21(33)32(22(20)34)18-11-12(25(29,30)31)9-10-17(18)28/h1-11,19-20H/t19-,20-,23?,24?/m1/s1. The van der Waals surface area contributed by atoms with Crippen LogP contribution in [0, 0.1) is 11.8 Å². The molecule has 0 aromatic heterocycles. The topological polar surface area (TPSA) is 37.4 Å². The van der Waals surface area contributed by atoms with Gasteiger partial charge in [-0.2, -0.15) is 13.2 Å². The van der Waals surface area contributed by atoms with E-state index in [1.807, 2.05) is 48.5 Å². The van der Waals surface area contributed by atoms with Crippen LogP contribution in [0.2, 0.25) is 5.02 Å². The highest BCUT2D eigenvalue weighted by Gasteiger charge is 2.72. The van der Waals surface area contributed by atoms with Gasteiger partial charge in [-0.25, -0.2) is 4.90 Å². The predicted octanol–water partition coefficient (Wildman–Crippen LogP) is 6.77. The molecule has 1 aliphatic heterocycles. The summed E-state index contributed by atoms with van der Waals surface area (Å²) in [4.78, 5) is 28.7. The number of carbonyl (C=O) groups is 2. The van der Waals surface area contributed by atoms with Gasteiger partial charge in [0.05, 0.1) is 36.8 Å². The molecule has 3 aliphatic carbocycles. The molecule has 34 heavy (non-hydrogen) atoms. The number of carbonyl (C=O) groups excluding carboxylic acids is 2. The number of alkyl halides is 5. The van der Waals surface area contributed by atoms with Crippen molar-refractivity contribution in [2.24, 2.45) is 11.8 Å². The van der Waals surface area contributed by atoms with Crippen LogP contribution in [0.15, 0.2) is 66.7 Å². The number of hydrogen-bond acceptors (Lipinski definition) is 2. The first-order valence-electron chi connectivity index (χ1n) is 10.3. The highest BCUT2D eigenvalue weighted by atomic mass is 79.9. The largest absolute Gasteiger partial charge is 0.416 e. The second-order valence-electron chi connectivity index (χ2n) is 8.65. The Kier molecular flexibility index (Phi) is 4.56. The Labute approximate surface area is 214 Å². The molecule has 0 N–H and O–H groups in total. The molecule has 0 radical (unpaired) electrons. The SMILES string of the molecule is O=C1[C@H]2[C@H](C(=O)N1c1cc(C(F)(F)F)ccc1Cl)C1(Br)c3ccccc3C2(Br)c2ccccc21. The lowest BCUT2D eigenvalue weighted by atomic mass is 9.54. The zero-order valence-corrected chi connectivity index (χ0v) is 21.0. The van der Waals surface area contributed by atoms with E-state index in [-0.39, 0.29) is 10.7 Å². The van der Waals surface area contributed by atoms with Gasteiger partial charge in [-0.15, -0.1) is 0 Å². The number of hydrogen-bond donors (Lipinski definition) is 0. The second-order valence-corrected chi connectivity index (χ2v) is 11.6. The van der Waals surface area contributed by atoms with Crippen LogP contribution in [-0.4, -0.2) is 11.8 Å². The first kappa shape index (κ1) is 22.3. The van der Waals surface area contributed by atoms with Crippen LogP contribution < -0.4 is 4.90 Å². The van der Waals surface area contributed by atoms with Gasteiger partial charge in [0, 0.05) is 0 Å². The lowest BCUT2D eigenvalue weighted by Gasteiger charge is -2.55. The molecule has 3 nitrogen and oxygen atoms in total. The monoisotopic (exact) mass is 609 g/mol. The molecule has 2 bridgehead atoms. The number of amides is 2. The minimum absolute atomic E-state index is 0.108. The Morgan fingerprint density at radius 3 is 1.56 bits per heavy atom. The zero-order chi connectivity index (χ0) is 24.2. The molecule has 7 rings (SSSR count). The third-order valence-electron chi connectivity index (χ3n) is 7.10. The molecule has 0 spiro atoms. The van der Waals surface area contributed by atoms with Crippen LogP contribution in [-0.2, 0) is 24.4 Å². The van der Waals surface area contributed by atoms with Crippen molar-refractivity contribution in [3.05, 3.63) is 99.6 Å². The molecule has 1 fully saturated rings. The molecule has 2 amide bonds. The lowest BCUT2D eigenvalue weighted by molar-refractivity contribution is -0.137. The molecule has 1 heterocycles. The van der Waals surface area contributed by atoms with Crippen molar-refractivity contribution >= 4 is 61.0 Å². The smallest absolute Gasteiger partial charge is 0.274 e. The number of anilines is 1. The quantitative estimate of drug-likeness (QED) is 0.225. The Balaban J connectivity index is 1.62. The lowest BCUT2D eigenvalue weighted by Crippen LogP contribution is -2.56. The van der Waals surface area contributed by atoms with Crippen molar-refractivity contribution < 1.29 is 22.8 Å². The van der Waals surface area contributed by atoms with Crippen LogP contribution in [0.4, 0.5) is 18.9 Å². The van der Waals surface area contributed by atoms with Crippen molar-refractivity contribution in [3.63, 3.8) is 0 Å². The highest BCUT2D eigenvalue weighted by molar-refractivity contribution is 9.10. The van der Waals surface area contributed by atoms with Crippen molar-refractivity contribution in [2.75, 3.05) is 4.90 Å². The van der Waals surface area contributed by atoms with Crippen LogP contribution in [0.5, 0.6) is 0 Å². The summed E-state index contributed by atoms with van der Waals surface area (Å²) in [7, 11) is 0. The van der Waals surface area contributed by atoms with Crippen LogP contribution in [0.1, 0.15) is 27.8 Å². The number of benzene rings is 3. The normalized spacial score (nSPS) is 29.2. The average molecular weight is 612 g/mol. The molecule has 4 aliphatic rings. The van der Waals surface area contributed by atoms with E-state index in [1.165, 1.54) is 0 Å². The van der Waals surface area contributed by atoms with Gasteiger partial charge in [-0.05, 0) is 40.5 Å². The van der Waals surface area contributed by atoms with Crippen molar-refractivity contribution in [2.45, 2.75) is 14.8 Å². The van der Waals surface area contributed by atoms with Gasteiger partial charge < -0.3 is 0 Å². The molecule has 1 saturated heterocycles. The van der Waals surface area contributed by atoms with Gasteiger partial charge in [0.25, 0.3) is 0 Å². The summed E-state index contributed by atoms with van der Waals surface area (Å²) in [5.74, 6) is -2.98. The molecule has 9 heteroatoms. The van der Waals surface area contributed by atoms with Gasteiger partial charge in [0.2, 0.25) is 11.8 Å². The summed E-state index contributed by atoms with van der Waals surface area (Å²) in [5.41, 5.74) is 2.10. The fourth-order valence-electron chi connectivity index (χ4n) is 5.76. The Hall–Kier alpha value is -2.16. The predicted molar refractivity (Wildman–Crippen MR) is 128 cm³/mol. The summed E-state index contributed by atoms with van der Waals surface area (Å²) < 4.78 is 38.3. The number of nitrogens with zero attached hydrogens (tertiary/aromatic N) is 1. The molecule has 2 atom stereocenters. The first-order valence-corrected chi connectivity index (χ1v) is 12.3. The molecular formula is C25H13Br2ClF3NO2. The van der Waals surface area contributed by atoms with E-state index in [0.29, 0.717) is 0 Å². The summed E-state index contributed by atoms with van der Waals surface area (Å²) >= 11 is 14.0. The third-order valence-corrected chi connectivity index (χ3v) is 10.1. The minimum atomic E-state index is -4.66. The number of rotatable bonds is 1. The molecular weight excluding hydrogens is 599 g/mol. The van der Waals surface area contributed by atoms with Crippen molar-refractivity contribution in [1.82, 2.24) is 0 Å². The van der Waals surface area contributed by atoms with E-state index in [0.717, 1.165) is 45.4 Å². The van der Waals surface area contributed by atoms with Crippen LogP contribution in [0.25, 0.3) is 0 Å². The van der Waals surface area contributed by atoms with E-state index in [2.05, 4.69) is 31.9 Å². The summed E-state index contributed by atoms with van der Waals surface area (Å²) in [6.45, 7) is 0. The van der Waals surface area contributed by atoms with E-state index in [4.69, 9.17) is 11.6 Å². The van der Waals surface area contributed by atoms with Gasteiger partial charge in [-0.1, -0.05) is 92.0 Å². The van der Waals surface area contributed by atoms with E-state index in [9.17, 15) is 22.8 Å². The van der Waals surface area contributed by atoms with Gasteiger partial charge in [0.15, 0.2) is 0 Å².